The van der Waals surface area contributed by atoms with E-state index in [1.54, 1.807) is 31.2 Å². The smallest absolute Gasteiger partial charge is 0.241 e. The first-order valence-electron chi connectivity index (χ1n) is 9.99. The molecule has 0 saturated carbocycles. The van der Waals surface area contributed by atoms with Gasteiger partial charge in [-0.25, -0.2) is 16.8 Å². The van der Waals surface area contributed by atoms with Gasteiger partial charge < -0.3 is 5.32 Å². The molecule has 9 heteroatoms. The molecule has 0 fully saturated rings. The Morgan fingerprint density at radius 3 is 1.87 bits per heavy atom. The van der Waals surface area contributed by atoms with Crippen molar-refractivity contribution in [1.29, 1.82) is 0 Å². The van der Waals surface area contributed by atoms with Crippen LogP contribution in [0.15, 0.2) is 58.3 Å². The number of carbonyl (C=O) groups excluding carboxylic acids is 1. The first kappa shape index (κ1) is 25.0. The van der Waals surface area contributed by atoms with E-state index in [9.17, 15) is 21.6 Å². The van der Waals surface area contributed by atoms with Crippen LogP contribution in [0.4, 0.5) is 0 Å². The van der Waals surface area contributed by atoms with Crippen LogP contribution >= 0.6 is 0 Å². The lowest BCUT2D eigenvalue weighted by Gasteiger charge is -2.23. The molecule has 2 atom stereocenters. The Labute approximate surface area is 185 Å². The molecule has 0 bridgehead atoms. The van der Waals surface area contributed by atoms with Crippen molar-refractivity contribution in [3.8, 4) is 0 Å². The number of amides is 1. The van der Waals surface area contributed by atoms with E-state index in [0.29, 0.717) is 12.0 Å². The van der Waals surface area contributed by atoms with Crippen molar-refractivity contribution in [3.05, 3.63) is 59.7 Å². The molecule has 170 valence electrons. The predicted octanol–water partition coefficient (Wildman–Crippen LogP) is 2.97. The second-order valence-electron chi connectivity index (χ2n) is 8.19. The number of aryl methyl sites for hydroxylation is 1. The third-order valence-corrected chi connectivity index (χ3v) is 7.44. The van der Waals surface area contributed by atoms with Crippen LogP contribution in [0, 0.1) is 12.8 Å². The van der Waals surface area contributed by atoms with Crippen LogP contribution in [-0.2, 0) is 24.7 Å². The van der Waals surface area contributed by atoms with Gasteiger partial charge in [0.2, 0.25) is 15.9 Å². The summed E-state index contributed by atoms with van der Waals surface area (Å²) in [6.07, 6.45) is 1.46. The molecule has 2 rings (SSSR count). The fourth-order valence-electron chi connectivity index (χ4n) is 3.05. The average molecular weight is 467 g/mol. The van der Waals surface area contributed by atoms with Gasteiger partial charge in [-0.2, -0.15) is 4.72 Å². The van der Waals surface area contributed by atoms with E-state index in [1.165, 1.54) is 24.3 Å². The summed E-state index contributed by atoms with van der Waals surface area (Å²) in [6.45, 7) is 7.44. The molecule has 0 aromatic heterocycles. The lowest BCUT2D eigenvalue weighted by molar-refractivity contribution is -0.123. The van der Waals surface area contributed by atoms with E-state index in [2.05, 4.69) is 10.0 Å². The molecule has 0 aliphatic rings. The van der Waals surface area contributed by atoms with Gasteiger partial charge in [0.25, 0.3) is 0 Å². The van der Waals surface area contributed by atoms with Crippen LogP contribution < -0.4 is 10.0 Å². The van der Waals surface area contributed by atoms with Crippen molar-refractivity contribution in [1.82, 2.24) is 10.0 Å². The van der Waals surface area contributed by atoms with E-state index in [-0.39, 0.29) is 15.7 Å². The van der Waals surface area contributed by atoms with Crippen LogP contribution in [0.3, 0.4) is 0 Å². The van der Waals surface area contributed by atoms with Crippen LogP contribution in [0.5, 0.6) is 0 Å². The molecule has 2 N–H and O–H groups in total. The Hall–Kier alpha value is -2.23. The molecule has 0 radical (unpaired) electrons. The van der Waals surface area contributed by atoms with Gasteiger partial charge in [0.1, 0.15) is 6.04 Å². The van der Waals surface area contributed by atoms with Crippen LogP contribution in [-0.4, -0.2) is 35.0 Å². The number of carbonyl (C=O) groups is 1. The molecule has 0 saturated heterocycles. The topological polar surface area (TPSA) is 109 Å². The maximum absolute atomic E-state index is 12.9. The van der Waals surface area contributed by atoms with E-state index in [1.807, 2.05) is 20.8 Å². The summed E-state index contributed by atoms with van der Waals surface area (Å²) in [5, 5.41) is 2.83. The van der Waals surface area contributed by atoms with Crippen molar-refractivity contribution in [2.45, 2.75) is 56.0 Å². The summed E-state index contributed by atoms with van der Waals surface area (Å²) in [4.78, 5) is 13.2. The molecule has 7 nitrogen and oxygen atoms in total. The van der Waals surface area contributed by atoms with Gasteiger partial charge in [-0.05, 0) is 56.0 Å². The van der Waals surface area contributed by atoms with E-state index >= 15 is 0 Å². The summed E-state index contributed by atoms with van der Waals surface area (Å²) in [6, 6.07) is 11.3. The summed E-state index contributed by atoms with van der Waals surface area (Å²) in [7, 11) is -7.18. The van der Waals surface area contributed by atoms with E-state index in [4.69, 9.17) is 0 Å². The minimum atomic E-state index is -3.87. The molecule has 1 amide bonds. The quantitative estimate of drug-likeness (QED) is 0.590. The second kappa shape index (κ2) is 9.93. The minimum absolute atomic E-state index is 0.0841. The van der Waals surface area contributed by atoms with E-state index < -0.39 is 37.9 Å². The Morgan fingerprint density at radius 2 is 1.39 bits per heavy atom. The molecule has 0 aliphatic carbocycles. The highest BCUT2D eigenvalue weighted by Crippen LogP contribution is 2.18. The van der Waals surface area contributed by atoms with E-state index in [0.717, 1.165) is 11.8 Å². The fourth-order valence-corrected chi connectivity index (χ4v) is 4.89. The van der Waals surface area contributed by atoms with Crippen LogP contribution in [0.25, 0.3) is 0 Å². The molecule has 0 heterocycles. The van der Waals surface area contributed by atoms with Gasteiger partial charge in [0, 0.05) is 6.26 Å². The third-order valence-electron chi connectivity index (χ3n) is 4.82. The van der Waals surface area contributed by atoms with Crippen molar-refractivity contribution >= 4 is 25.8 Å². The van der Waals surface area contributed by atoms with Gasteiger partial charge >= 0.3 is 0 Å². The Kier molecular flexibility index (Phi) is 8.02. The van der Waals surface area contributed by atoms with Gasteiger partial charge in [-0.1, -0.05) is 43.7 Å². The first-order chi connectivity index (χ1) is 14.3. The Bertz CT molecular complexity index is 1110. The predicted molar refractivity (Wildman–Crippen MR) is 121 cm³/mol. The van der Waals surface area contributed by atoms with Crippen LogP contribution in [0.2, 0.25) is 0 Å². The molecule has 2 aromatic rings. The molecule has 2 aromatic carbocycles. The molecule has 31 heavy (non-hydrogen) atoms. The zero-order valence-corrected chi connectivity index (χ0v) is 20.0. The summed E-state index contributed by atoms with van der Waals surface area (Å²) in [5.41, 5.74) is 1.65. The zero-order chi connectivity index (χ0) is 23.4. The first-order valence-corrected chi connectivity index (χ1v) is 13.4. The van der Waals surface area contributed by atoms with Crippen LogP contribution in [0.1, 0.15) is 44.4 Å². The summed E-state index contributed by atoms with van der Waals surface area (Å²) >= 11 is 0. The largest absolute Gasteiger partial charge is 0.348 e. The normalized spacial score (nSPS) is 14.3. The van der Waals surface area contributed by atoms with Gasteiger partial charge in [-0.15, -0.1) is 0 Å². The number of hydrogen-bond donors (Lipinski definition) is 2. The molecule has 0 spiro atoms. The lowest BCUT2D eigenvalue weighted by atomic mass is 10.0. The number of hydrogen-bond acceptors (Lipinski definition) is 5. The van der Waals surface area contributed by atoms with Crippen molar-refractivity contribution in [3.63, 3.8) is 0 Å². The van der Waals surface area contributed by atoms with Crippen molar-refractivity contribution < 1.29 is 21.6 Å². The fraction of sp³-hybridized carbons (Fsp3) is 0.409. The van der Waals surface area contributed by atoms with Crippen molar-refractivity contribution in [2.24, 2.45) is 5.92 Å². The highest BCUT2D eigenvalue weighted by molar-refractivity contribution is 7.90. The Morgan fingerprint density at radius 1 is 0.871 bits per heavy atom. The molecule has 0 aliphatic heterocycles. The number of sulfonamides is 1. The van der Waals surface area contributed by atoms with Crippen molar-refractivity contribution in [2.75, 3.05) is 6.26 Å². The number of sulfone groups is 1. The molecule has 2 unspecified atom stereocenters. The second-order valence-corrected chi connectivity index (χ2v) is 11.9. The average Bonchev–Trinajstić information content (AvgIpc) is 2.66. The number of nitrogens with one attached hydrogen (secondary N) is 2. The minimum Gasteiger partial charge on any atom is -0.348 e. The molecular weight excluding hydrogens is 436 g/mol. The van der Waals surface area contributed by atoms with Gasteiger partial charge in [0.15, 0.2) is 9.84 Å². The highest BCUT2D eigenvalue weighted by Gasteiger charge is 2.27. The zero-order valence-electron chi connectivity index (χ0n) is 18.4. The monoisotopic (exact) mass is 466 g/mol. The highest BCUT2D eigenvalue weighted by atomic mass is 32.2. The standard InChI is InChI=1S/C22H30N2O5S2/c1-15(2)14-21(24-31(28,29)20-10-6-16(3)7-11-20)22(25)23-17(4)18-8-12-19(13-9-18)30(5,26)27/h6-13,15,17,21,24H,14H2,1-5H3,(H,23,25). The lowest BCUT2D eigenvalue weighted by Crippen LogP contribution is -2.47. The third kappa shape index (κ3) is 7.15. The summed E-state index contributed by atoms with van der Waals surface area (Å²) in [5.74, 6) is -0.357. The Balaban J connectivity index is 2.18. The number of benzene rings is 2. The van der Waals surface area contributed by atoms with Gasteiger partial charge in [-0.3, -0.25) is 4.79 Å². The maximum atomic E-state index is 12.9. The molecular formula is C22H30N2O5S2. The number of rotatable bonds is 9. The SMILES string of the molecule is Cc1ccc(S(=O)(=O)NC(CC(C)C)C(=O)NC(C)c2ccc(S(C)(=O)=O)cc2)cc1. The maximum Gasteiger partial charge on any atom is 0.241 e. The van der Waals surface area contributed by atoms with Gasteiger partial charge in [0.05, 0.1) is 15.8 Å². The summed E-state index contributed by atoms with van der Waals surface area (Å²) < 4.78 is 51.3.